The van der Waals surface area contributed by atoms with Crippen LogP contribution in [-0.4, -0.2) is 33.6 Å². The Morgan fingerprint density at radius 1 is 1.20 bits per heavy atom. The van der Waals surface area contributed by atoms with E-state index in [-0.39, 0.29) is 17.1 Å². The number of hydrogen-bond donors (Lipinski definition) is 1. The number of carbonyl (C=O) groups excluding carboxylic acids is 1. The number of rotatable bonds is 5. The van der Waals surface area contributed by atoms with E-state index in [1.807, 2.05) is 19.9 Å². The first-order valence-corrected chi connectivity index (χ1v) is 8.65. The molecule has 0 spiro atoms. The number of thioether (sulfide) groups is 1. The van der Waals surface area contributed by atoms with Gasteiger partial charge in [-0.2, -0.15) is 0 Å². The van der Waals surface area contributed by atoms with Crippen LogP contribution in [0.1, 0.15) is 21.6 Å². The topological polar surface area (TPSA) is 84.9 Å². The molecule has 0 saturated carbocycles. The van der Waals surface area contributed by atoms with E-state index in [4.69, 9.17) is 4.74 Å². The second-order valence-electron chi connectivity index (χ2n) is 5.59. The average molecular weight is 355 g/mol. The number of H-pyrrole nitrogens is 1. The second kappa shape index (κ2) is 7.06. The smallest absolute Gasteiger partial charge is 0.261 e. The SMILES string of the molecule is COc1ccc(C(=O)CSc2nc3nc(C)cc(C)c3c(=O)[nH]2)cc1. The van der Waals surface area contributed by atoms with Gasteiger partial charge in [0.25, 0.3) is 5.56 Å². The van der Waals surface area contributed by atoms with E-state index in [0.29, 0.717) is 27.5 Å². The molecule has 1 N–H and O–H groups in total. The molecule has 0 atom stereocenters. The standard InChI is InChI=1S/C18H17N3O3S/c1-10-8-11(2)19-16-15(10)17(23)21-18(20-16)25-9-14(22)12-4-6-13(24-3)7-5-12/h4-8H,9H2,1-3H3,(H,19,20,21,23). The van der Waals surface area contributed by atoms with Gasteiger partial charge in [-0.05, 0) is 49.7 Å². The summed E-state index contributed by atoms with van der Waals surface area (Å²) in [7, 11) is 1.58. The molecule has 3 rings (SSSR count). The molecule has 0 aliphatic carbocycles. The number of aromatic nitrogens is 3. The molecule has 6 nitrogen and oxygen atoms in total. The van der Waals surface area contributed by atoms with E-state index >= 15 is 0 Å². The predicted molar refractivity (Wildman–Crippen MR) is 97.7 cm³/mol. The number of ether oxygens (including phenoxy) is 1. The Bertz CT molecular complexity index is 997. The minimum Gasteiger partial charge on any atom is -0.497 e. The Labute approximate surface area is 148 Å². The van der Waals surface area contributed by atoms with Crippen molar-refractivity contribution in [1.29, 1.82) is 0 Å². The van der Waals surface area contributed by atoms with Crippen molar-refractivity contribution in [3.63, 3.8) is 0 Å². The Kier molecular flexibility index (Phi) is 4.85. The van der Waals surface area contributed by atoms with E-state index < -0.39 is 0 Å². The number of nitrogens with zero attached hydrogens (tertiary/aromatic N) is 2. The van der Waals surface area contributed by atoms with Crippen LogP contribution in [0.2, 0.25) is 0 Å². The molecule has 25 heavy (non-hydrogen) atoms. The van der Waals surface area contributed by atoms with Crippen LogP contribution in [-0.2, 0) is 0 Å². The molecule has 0 amide bonds. The molecule has 0 radical (unpaired) electrons. The molecule has 0 bridgehead atoms. The Balaban J connectivity index is 1.81. The monoisotopic (exact) mass is 355 g/mol. The number of benzene rings is 1. The third-order valence-corrected chi connectivity index (χ3v) is 4.61. The van der Waals surface area contributed by atoms with Gasteiger partial charge in [0, 0.05) is 11.3 Å². The zero-order valence-electron chi connectivity index (χ0n) is 14.1. The predicted octanol–water partition coefficient (Wildman–Crippen LogP) is 2.92. The summed E-state index contributed by atoms with van der Waals surface area (Å²) in [4.78, 5) is 36.0. The lowest BCUT2D eigenvalue weighted by molar-refractivity contribution is 0.102. The zero-order chi connectivity index (χ0) is 18.0. The van der Waals surface area contributed by atoms with Gasteiger partial charge < -0.3 is 9.72 Å². The van der Waals surface area contributed by atoms with E-state index in [1.54, 1.807) is 31.4 Å². The lowest BCUT2D eigenvalue weighted by atomic mass is 10.1. The summed E-state index contributed by atoms with van der Waals surface area (Å²) in [6.07, 6.45) is 0. The van der Waals surface area contributed by atoms with E-state index in [2.05, 4.69) is 15.0 Å². The molecule has 0 saturated heterocycles. The van der Waals surface area contributed by atoms with Crippen molar-refractivity contribution < 1.29 is 9.53 Å². The van der Waals surface area contributed by atoms with E-state index in [1.165, 1.54) is 11.8 Å². The molecule has 1 aromatic carbocycles. The number of aromatic amines is 1. The molecular formula is C18H17N3O3S. The fraction of sp³-hybridized carbons (Fsp3) is 0.222. The average Bonchev–Trinajstić information content (AvgIpc) is 2.58. The molecule has 0 fully saturated rings. The van der Waals surface area contributed by atoms with Gasteiger partial charge in [0.1, 0.15) is 5.75 Å². The zero-order valence-corrected chi connectivity index (χ0v) is 14.9. The number of pyridine rings is 1. The van der Waals surface area contributed by atoms with Crippen molar-refractivity contribution in [2.24, 2.45) is 0 Å². The number of fused-ring (bicyclic) bond motifs is 1. The van der Waals surface area contributed by atoms with Crippen molar-refractivity contribution in [3.8, 4) is 5.75 Å². The number of methoxy groups -OCH3 is 1. The summed E-state index contributed by atoms with van der Waals surface area (Å²) in [5.41, 5.74) is 2.38. The fourth-order valence-electron chi connectivity index (χ4n) is 2.52. The van der Waals surface area contributed by atoms with Gasteiger partial charge in [0.2, 0.25) is 0 Å². The van der Waals surface area contributed by atoms with Gasteiger partial charge in [-0.3, -0.25) is 9.59 Å². The number of nitrogens with one attached hydrogen (secondary N) is 1. The van der Waals surface area contributed by atoms with Crippen molar-refractivity contribution in [3.05, 3.63) is 57.5 Å². The van der Waals surface area contributed by atoms with Gasteiger partial charge in [0.05, 0.1) is 18.2 Å². The Hall–Kier alpha value is -2.67. The highest BCUT2D eigenvalue weighted by Crippen LogP contribution is 2.19. The van der Waals surface area contributed by atoms with Crippen molar-refractivity contribution in [2.75, 3.05) is 12.9 Å². The van der Waals surface area contributed by atoms with Gasteiger partial charge in [-0.15, -0.1) is 0 Å². The number of Topliss-reactive ketones (excluding diaryl/α,β-unsaturated/α-hetero) is 1. The van der Waals surface area contributed by atoms with Crippen LogP contribution in [0.4, 0.5) is 0 Å². The van der Waals surface area contributed by atoms with Crippen molar-refractivity contribution >= 4 is 28.6 Å². The molecule has 2 aromatic heterocycles. The van der Waals surface area contributed by atoms with Gasteiger partial charge in [0.15, 0.2) is 16.6 Å². The first-order chi connectivity index (χ1) is 12.0. The highest BCUT2D eigenvalue weighted by atomic mass is 32.2. The molecular weight excluding hydrogens is 338 g/mol. The van der Waals surface area contributed by atoms with Crippen LogP contribution in [0, 0.1) is 13.8 Å². The van der Waals surface area contributed by atoms with Crippen LogP contribution < -0.4 is 10.3 Å². The molecule has 0 aliphatic heterocycles. The highest BCUT2D eigenvalue weighted by Gasteiger charge is 2.12. The van der Waals surface area contributed by atoms with E-state index in [0.717, 1.165) is 11.3 Å². The normalized spacial score (nSPS) is 10.8. The van der Waals surface area contributed by atoms with Crippen molar-refractivity contribution in [2.45, 2.75) is 19.0 Å². The maximum atomic E-state index is 12.3. The quantitative estimate of drug-likeness (QED) is 0.430. The largest absolute Gasteiger partial charge is 0.497 e. The second-order valence-corrected chi connectivity index (χ2v) is 6.55. The molecule has 0 aliphatic rings. The van der Waals surface area contributed by atoms with Gasteiger partial charge >= 0.3 is 0 Å². The fourth-order valence-corrected chi connectivity index (χ4v) is 3.28. The number of ketones is 1. The van der Waals surface area contributed by atoms with Crippen LogP contribution in [0.3, 0.4) is 0 Å². The third-order valence-electron chi connectivity index (χ3n) is 3.73. The number of aryl methyl sites for hydroxylation is 2. The van der Waals surface area contributed by atoms with Gasteiger partial charge in [-0.1, -0.05) is 11.8 Å². The summed E-state index contributed by atoms with van der Waals surface area (Å²) in [5, 5.41) is 0.869. The first-order valence-electron chi connectivity index (χ1n) is 7.66. The van der Waals surface area contributed by atoms with Crippen LogP contribution in [0.5, 0.6) is 5.75 Å². The van der Waals surface area contributed by atoms with Gasteiger partial charge in [-0.25, -0.2) is 9.97 Å². The summed E-state index contributed by atoms with van der Waals surface area (Å²) < 4.78 is 5.08. The number of carbonyl (C=O) groups is 1. The molecule has 7 heteroatoms. The summed E-state index contributed by atoms with van der Waals surface area (Å²) in [6, 6.07) is 8.76. The third kappa shape index (κ3) is 3.71. The van der Waals surface area contributed by atoms with Crippen LogP contribution >= 0.6 is 11.8 Å². The molecule has 3 aromatic rings. The highest BCUT2D eigenvalue weighted by molar-refractivity contribution is 7.99. The molecule has 2 heterocycles. The number of hydrogen-bond acceptors (Lipinski definition) is 6. The molecule has 0 unspecified atom stereocenters. The van der Waals surface area contributed by atoms with Crippen molar-refractivity contribution in [1.82, 2.24) is 15.0 Å². The summed E-state index contributed by atoms with van der Waals surface area (Å²) in [5.74, 6) is 0.816. The van der Waals surface area contributed by atoms with Crippen LogP contribution in [0.25, 0.3) is 11.0 Å². The maximum absolute atomic E-state index is 12.3. The minimum absolute atomic E-state index is 0.0521. The first kappa shape index (κ1) is 17.2. The van der Waals surface area contributed by atoms with Crippen LogP contribution in [0.15, 0.2) is 40.3 Å². The lowest BCUT2D eigenvalue weighted by Crippen LogP contribution is -2.13. The molecule has 128 valence electrons. The minimum atomic E-state index is -0.241. The summed E-state index contributed by atoms with van der Waals surface area (Å²) in [6.45, 7) is 3.71. The maximum Gasteiger partial charge on any atom is 0.261 e. The Morgan fingerprint density at radius 3 is 2.60 bits per heavy atom. The Morgan fingerprint density at radius 2 is 1.92 bits per heavy atom. The van der Waals surface area contributed by atoms with E-state index in [9.17, 15) is 9.59 Å². The summed E-state index contributed by atoms with van der Waals surface area (Å²) >= 11 is 1.19. The lowest BCUT2D eigenvalue weighted by Gasteiger charge is -2.05.